The van der Waals surface area contributed by atoms with Gasteiger partial charge in [0.2, 0.25) is 0 Å². The van der Waals surface area contributed by atoms with Crippen molar-refractivity contribution in [1.29, 1.82) is 0 Å². The molecule has 156 valence electrons. The fourth-order valence-corrected chi connectivity index (χ4v) is 5.12. The summed E-state index contributed by atoms with van der Waals surface area (Å²) >= 11 is 0. The highest BCUT2D eigenvalue weighted by Crippen LogP contribution is 2.38. The molecule has 3 aromatic rings. The van der Waals surface area contributed by atoms with E-state index in [1.54, 1.807) is 14.2 Å². The number of ether oxygens (including phenoxy) is 2. The lowest BCUT2D eigenvalue weighted by atomic mass is 9.95. The first-order valence-electron chi connectivity index (χ1n) is 10.9. The summed E-state index contributed by atoms with van der Waals surface area (Å²) in [7, 11) is 3.28. The second-order valence-corrected chi connectivity index (χ2v) is 8.32. The van der Waals surface area contributed by atoms with Gasteiger partial charge >= 0.3 is 0 Å². The van der Waals surface area contributed by atoms with Crippen LogP contribution in [0.1, 0.15) is 58.9 Å². The molecule has 1 aromatic heterocycles. The van der Waals surface area contributed by atoms with Crippen LogP contribution in [0.3, 0.4) is 0 Å². The summed E-state index contributed by atoms with van der Waals surface area (Å²) < 4.78 is 10.8. The number of carbonyl (C=O) groups excluding carboxylic acids is 1. The Bertz CT molecular complexity index is 1100. The van der Waals surface area contributed by atoms with E-state index in [0.717, 1.165) is 48.9 Å². The third-order valence-corrected chi connectivity index (χ3v) is 6.65. The summed E-state index contributed by atoms with van der Waals surface area (Å²) in [6.07, 6.45) is 6.65. The SMILES string of the molecule is COc1ccc(C2CCCN2C(=O)c2ccc3[nH]c4c(c3c2)CCCC4)cc1OC. The molecule has 0 saturated carbocycles. The molecule has 1 atom stereocenters. The van der Waals surface area contributed by atoms with Gasteiger partial charge in [-0.2, -0.15) is 0 Å². The van der Waals surface area contributed by atoms with Crippen LogP contribution in [0.2, 0.25) is 0 Å². The Hall–Kier alpha value is -2.95. The molecule has 0 radical (unpaired) electrons. The average molecular weight is 405 g/mol. The van der Waals surface area contributed by atoms with Gasteiger partial charge in [-0.05, 0) is 80.0 Å². The van der Waals surface area contributed by atoms with Crippen LogP contribution in [0.5, 0.6) is 11.5 Å². The Morgan fingerprint density at radius 3 is 2.67 bits per heavy atom. The minimum absolute atomic E-state index is 0.0631. The van der Waals surface area contributed by atoms with Gasteiger partial charge in [0.25, 0.3) is 5.91 Å². The van der Waals surface area contributed by atoms with Gasteiger partial charge in [0.1, 0.15) is 0 Å². The summed E-state index contributed by atoms with van der Waals surface area (Å²) in [6.45, 7) is 0.779. The van der Waals surface area contributed by atoms with Crippen molar-refractivity contribution in [3.8, 4) is 11.5 Å². The van der Waals surface area contributed by atoms with Crippen LogP contribution < -0.4 is 9.47 Å². The van der Waals surface area contributed by atoms with Crippen molar-refractivity contribution in [3.05, 3.63) is 58.8 Å². The Kier molecular flexibility index (Phi) is 4.89. The van der Waals surface area contributed by atoms with Crippen molar-refractivity contribution in [2.45, 2.75) is 44.6 Å². The van der Waals surface area contributed by atoms with Gasteiger partial charge in [-0.25, -0.2) is 0 Å². The van der Waals surface area contributed by atoms with E-state index in [4.69, 9.17) is 9.47 Å². The van der Waals surface area contributed by atoms with Crippen LogP contribution >= 0.6 is 0 Å². The highest BCUT2D eigenvalue weighted by molar-refractivity contribution is 5.99. The van der Waals surface area contributed by atoms with E-state index in [0.29, 0.717) is 11.5 Å². The standard InChI is InChI=1S/C25H28N2O3/c1-29-23-12-10-16(15-24(23)30-2)22-8-5-13-27(22)25(28)17-9-11-21-19(14-17)18-6-3-4-7-20(18)26-21/h9-12,14-15,22,26H,3-8,13H2,1-2H3. The molecule has 0 spiro atoms. The Morgan fingerprint density at radius 2 is 1.83 bits per heavy atom. The number of hydrogen-bond acceptors (Lipinski definition) is 3. The van der Waals surface area contributed by atoms with Crippen molar-refractivity contribution in [2.24, 2.45) is 0 Å². The molecule has 0 bridgehead atoms. The molecule has 1 amide bonds. The van der Waals surface area contributed by atoms with E-state index in [2.05, 4.69) is 17.1 Å². The molecular formula is C25H28N2O3. The number of aromatic nitrogens is 1. The molecule has 1 unspecified atom stereocenters. The molecule has 30 heavy (non-hydrogen) atoms. The number of carbonyl (C=O) groups is 1. The topological polar surface area (TPSA) is 54.6 Å². The number of H-pyrrole nitrogens is 1. The number of likely N-dealkylation sites (tertiary alicyclic amines) is 1. The van der Waals surface area contributed by atoms with E-state index < -0.39 is 0 Å². The second kappa shape index (κ2) is 7.71. The number of rotatable bonds is 4. The van der Waals surface area contributed by atoms with Crippen LogP contribution in [0.15, 0.2) is 36.4 Å². The van der Waals surface area contributed by atoms with Gasteiger partial charge in [-0.15, -0.1) is 0 Å². The molecule has 5 nitrogen and oxygen atoms in total. The highest BCUT2D eigenvalue weighted by Gasteiger charge is 2.31. The lowest BCUT2D eigenvalue weighted by Crippen LogP contribution is -2.30. The van der Waals surface area contributed by atoms with Crippen molar-refractivity contribution < 1.29 is 14.3 Å². The third kappa shape index (κ3) is 3.13. The molecule has 1 N–H and O–H groups in total. The quantitative estimate of drug-likeness (QED) is 0.663. The maximum Gasteiger partial charge on any atom is 0.254 e. The number of benzene rings is 2. The number of aromatic amines is 1. The van der Waals surface area contributed by atoms with Crippen LogP contribution in [0.25, 0.3) is 10.9 Å². The monoisotopic (exact) mass is 404 g/mol. The molecule has 5 rings (SSSR count). The van der Waals surface area contributed by atoms with E-state index in [1.807, 2.05) is 29.2 Å². The molecule has 1 aliphatic heterocycles. The van der Waals surface area contributed by atoms with Gasteiger partial charge in [-0.3, -0.25) is 4.79 Å². The fourth-order valence-electron chi connectivity index (χ4n) is 5.12. The summed E-state index contributed by atoms with van der Waals surface area (Å²) in [5.74, 6) is 1.52. The van der Waals surface area contributed by atoms with E-state index in [-0.39, 0.29) is 11.9 Å². The first-order chi connectivity index (χ1) is 14.7. The molecular weight excluding hydrogens is 376 g/mol. The normalized spacial score (nSPS) is 18.5. The van der Waals surface area contributed by atoms with Gasteiger partial charge in [0.05, 0.1) is 20.3 Å². The number of nitrogens with one attached hydrogen (secondary N) is 1. The summed E-state index contributed by atoms with van der Waals surface area (Å²) in [5.41, 5.74) is 5.78. The van der Waals surface area contributed by atoms with Gasteiger partial charge in [0, 0.05) is 28.7 Å². The van der Waals surface area contributed by atoms with Gasteiger partial charge in [0.15, 0.2) is 11.5 Å². The summed E-state index contributed by atoms with van der Waals surface area (Å²) in [4.78, 5) is 19.1. The van der Waals surface area contributed by atoms with Crippen molar-refractivity contribution in [1.82, 2.24) is 9.88 Å². The summed E-state index contributed by atoms with van der Waals surface area (Å²) in [6, 6.07) is 12.2. The zero-order valence-corrected chi connectivity index (χ0v) is 17.7. The molecule has 1 saturated heterocycles. The van der Waals surface area contributed by atoms with Crippen LogP contribution in [-0.2, 0) is 12.8 Å². The highest BCUT2D eigenvalue weighted by atomic mass is 16.5. The lowest BCUT2D eigenvalue weighted by Gasteiger charge is -2.26. The molecule has 5 heteroatoms. The summed E-state index contributed by atoms with van der Waals surface area (Å²) in [5, 5.41) is 1.22. The van der Waals surface area contributed by atoms with Crippen molar-refractivity contribution in [2.75, 3.05) is 20.8 Å². The van der Waals surface area contributed by atoms with Crippen LogP contribution in [-0.4, -0.2) is 36.6 Å². The van der Waals surface area contributed by atoms with Crippen LogP contribution in [0, 0.1) is 0 Å². The molecule has 2 heterocycles. The number of hydrogen-bond donors (Lipinski definition) is 1. The Labute approximate surface area is 177 Å². The number of amides is 1. The van der Waals surface area contributed by atoms with Crippen LogP contribution in [0.4, 0.5) is 0 Å². The molecule has 2 aliphatic rings. The van der Waals surface area contributed by atoms with Gasteiger partial charge < -0.3 is 19.4 Å². The fraction of sp³-hybridized carbons (Fsp3) is 0.400. The van der Waals surface area contributed by atoms with E-state index in [1.165, 1.54) is 29.5 Å². The zero-order valence-electron chi connectivity index (χ0n) is 17.7. The molecule has 1 fully saturated rings. The predicted molar refractivity (Wildman–Crippen MR) is 117 cm³/mol. The Balaban J connectivity index is 1.46. The second-order valence-electron chi connectivity index (χ2n) is 8.32. The zero-order chi connectivity index (χ0) is 20.7. The van der Waals surface area contributed by atoms with Crippen molar-refractivity contribution >= 4 is 16.8 Å². The first-order valence-corrected chi connectivity index (χ1v) is 10.9. The minimum Gasteiger partial charge on any atom is -0.493 e. The number of aryl methyl sites for hydroxylation is 2. The minimum atomic E-state index is 0.0631. The lowest BCUT2D eigenvalue weighted by molar-refractivity contribution is 0.0735. The molecule has 1 aliphatic carbocycles. The van der Waals surface area contributed by atoms with Crippen molar-refractivity contribution in [3.63, 3.8) is 0 Å². The molecule has 2 aromatic carbocycles. The average Bonchev–Trinajstić information content (AvgIpc) is 3.42. The number of nitrogens with zero attached hydrogens (tertiary/aromatic N) is 1. The van der Waals surface area contributed by atoms with E-state index >= 15 is 0 Å². The third-order valence-electron chi connectivity index (χ3n) is 6.65. The number of fused-ring (bicyclic) bond motifs is 3. The van der Waals surface area contributed by atoms with Gasteiger partial charge in [-0.1, -0.05) is 6.07 Å². The maximum absolute atomic E-state index is 13.5. The predicted octanol–water partition coefficient (Wildman–Crippen LogP) is 5.04. The smallest absolute Gasteiger partial charge is 0.254 e. The first kappa shape index (κ1) is 19.0. The Morgan fingerprint density at radius 1 is 1.00 bits per heavy atom. The largest absolute Gasteiger partial charge is 0.493 e. The maximum atomic E-state index is 13.5. The van der Waals surface area contributed by atoms with E-state index in [9.17, 15) is 4.79 Å². The number of methoxy groups -OCH3 is 2.